The average Bonchev–Trinajstić information content (AvgIpc) is 2.55. The van der Waals surface area contributed by atoms with Crippen molar-refractivity contribution in [3.63, 3.8) is 0 Å². The molecule has 1 heteroatoms. The molecule has 0 saturated carbocycles. The Morgan fingerprint density at radius 2 is 1.00 bits per heavy atom. The third-order valence-corrected chi connectivity index (χ3v) is 9.95. The second-order valence-electron chi connectivity index (χ2n) is 6.77. The molecule has 0 radical (unpaired) electrons. The van der Waals surface area contributed by atoms with E-state index in [0.717, 1.165) is 0 Å². The van der Waals surface area contributed by atoms with Crippen molar-refractivity contribution in [3.05, 3.63) is 78.9 Å². The molecule has 110 valence electrons. The Bertz CT molecular complexity index is 750. The quantitative estimate of drug-likeness (QED) is 0.511. The van der Waals surface area contributed by atoms with E-state index in [1.165, 1.54) is 22.3 Å². The maximum atomic E-state index is 2.46. The van der Waals surface area contributed by atoms with Crippen molar-refractivity contribution in [2.75, 3.05) is 0 Å². The molecule has 0 heterocycles. The molecular formula is C21H22Sn. The molecule has 0 N–H and O–H groups in total. The van der Waals surface area contributed by atoms with Gasteiger partial charge in [0.1, 0.15) is 0 Å². The summed E-state index contributed by atoms with van der Waals surface area (Å²) in [6, 6.07) is 28.6. The van der Waals surface area contributed by atoms with Crippen molar-refractivity contribution in [3.8, 4) is 22.3 Å². The van der Waals surface area contributed by atoms with Crippen molar-refractivity contribution >= 4 is 22.0 Å². The number of hydrogen-bond acceptors (Lipinski definition) is 0. The van der Waals surface area contributed by atoms with Gasteiger partial charge in [0.15, 0.2) is 0 Å². The van der Waals surface area contributed by atoms with E-state index < -0.39 is 18.4 Å². The van der Waals surface area contributed by atoms with Crippen LogP contribution in [0.25, 0.3) is 22.3 Å². The van der Waals surface area contributed by atoms with Gasteiger partial charge in [-0.15, -0.1) is 0 Å². The van der Waals surface area contributed by atoms with Gasteiger partial charge >= 0.3 is 138 Å². The van der Waals surface area contributed by atoms with Gasteiger partial charge in [-0.3, -0.25) is 0 Å². The molecule has 0 nitrogen and oxygen atoms in total. The standard InChI is InChI=1S/C18H13.3CH3.Sn/c1-3-8-15(9-4-1)17-12-7-13-18(14-17)16-10-5-2-6-11-16;;;;/h1,3-14H;3*1H3;. The third kappa shape index (κ3) is 3.44. The second-order valence-corrected chi connectivity index (χ2v) is 21.3. The summed E-state index contributed by atoms with van der Waals surface area (Å²) in [5.41, 5.74) is 5.14. The van der Waals surface area contributed by atoms with Crippen molar-refractivity contribution < 1.29 is 0 Å². The van der Waals surface area contributed by atoms with Crippen molar-refractivity contribution in [2.24, 2.45) is 0 Å². The molecule has 0 fully saturated rings. The normalized spacial score (nSPS) is 11.4. The van der Waals surface area contributed by atoms with E-state index in [2.05, 4.69) is 93.7 Å². The summed E-state index contributed by atoms with van der Waals surface area (Å²) < 4.78 is 1.58. The Balaban J connectivity index is 1.96. The van der Waals surface area contributed by atoms with Gasteiger partial charge in [-0.1, -0.05) is 0 Å². The summed E-state index contributed by atoms with van der Waals surface area (Å²) in [6.07, 6.45) is 0. The number of hydrogen-bond donors (Lipinski definition) is 0. The zero-order valence-electron chi connectivity index (χ0n) is 13.5. The Kier molecular flexibility index (Phi) is 4.39. The molecule has 0 aliphatic carbocycles. The molecule has 0 bridgehead atoms. The first-order chi connectivity index (χ1) is 10.5. The average molecular weight is 393 g/mol. The number of benzene rings is 3. The predicted octanol–water partition coefficient (Wildman–Crippen LogP) is 5.57. The first kappa shape index (κ1) is 15.4. The van der Waals surface area contributed by atoms with Crippen LogP contribution >= 0.6 is 0 Å². The van der Waals surface area contributed by atoms with E-state index in [4.69, 9.17) is 0 Å². The monoisotopic (exact) mass is 394 g/mol. The SMILES string of the molecule is [CH3][Sn]([CH3])([CH3])[c]1ccc(-c2cccc(-c3ccccc3)c2)cc1. The van der Waals surface area contributed by atoms with E-state index in [0.29, 0.717) is 0 Å². The van der Waals surface area contributed by atoms with Gasteiger partial charge in [0, 0.05) is 0 Å². The number of rotatable bonds is 3. The predicted molar refractivity (Wildman–Crippen MR) is 100 cm³/mol. The van der Waals surface area contributed by atoms with Gasteiger partial charge in [-0.05, 0) is 0 Å². The van der Waals surface area contributed by atoms with E-state index in [-0.39, 0.29) is 0 Å². The molecule has 0 unspecified atom stereocenters. The minimum absolute atomic E-state index is 1.27. The molecule has 0 saturated heterocycles. The molecule has 3 aromatic rings. The molecule has 0 spiro atoms. The molecule has 0 aliphatic heterocycles. The van der Waals surface area contributed by atoms with Crippen LogP contribution in [0.2, 0.25) is 14.8 Å². The summed E-state index contributed by atoms with van der Waals surface area (Å²) in [5, 5.41) is 0. The Labute approximate surface area is 137 Å². The molecular weight excluding hydrogens is 371 g/mol. The summed E-state index contributed by atoms with van der Waals surface area (Å²) in [7, 11) is 0. The van der Waals surface area contributed by atoms with Gasteiger partial charge in [0.25, 0.3) is 0 Å². The fourth-order valence-corrected chi connectivity index (χ4v) is 6.00. The van der Waals surface area contributed by atoms with Crippen LogP contribution < -0.4 is 3.58 Å². The van der Waals surface area contributed by atoms with Crippen molar-refractivity contribution in [1.29, 1.82) is 0 Å². The second kappa shape index (κ2) is 6.29. The van der Waals surface area contributed by atoms with Crippen LogP contribution in [-0.2, 0) is 0 Å². The van der Waals surface area contributed by atoms with Crippen LogP contribution in [-0.4, -0.2) is 18.4 Å². The molecule has 22 heavy (non-hydrogen) atoms. The Hall–Kier alpha value is -1.54. The maximum absolute atomic E-state index is 2.46. The molecule has 3 rings (SSSR count). The molecule has 0 aliphatic rings. The summed E-state index contributed by atoms with van der Waals surface area (Å²) in [5.74, 6) is 0. The van der Waals surface area contributed by atoms with E-state index in [1.54, 1.807) is 3.58 Å². The van der Waals surface area contributed by atoms with Crippen molar-refractivity contribution in [1.82, 2.24) is 0 Å². The van der Waals surface area contributed by atoms with Crippen LogP contribution in [0.4, 0.5) is 0 Å². The molecule has 0 atom stereocenters. The first-order valence-electron chi connectivity index (χ1n) is 7.80. The Morgan fingerprint density at radius 3 is 1.55 bits per heavy atom. The summed E-state index contributed by atoms with van der Waals surface area (Å²) >= 11 is -1.95. The van der Waals surface area contributed by atoms with Crippen LogP contribution in [0.3, 0.4) is 0 Å². The van der Waals surface area contributed by atoms with Gasteiger partial charge in [-0.25, -0.2) is 0 Å². The van der Waals surface area contributed by atoms with Crippen LogP contribution in [0, 0.1) is 0 Å². The zero-order valence-corrected chi connectivity index (χ0v) is 16.4. The van der Waals surface area contributed by atoms with E-state index in [1.807, 2.05) is 0 Å². The fraction of sp³-hybridized carbons (Fsp3) is 0.143. The zero-order chi connectivity index (χ0) is 15.6. The minimum atomic E-state index is -1.95. The van der Waals surface area contributed by atoms with E-state index in [9.17, 15) is 0 Å². The fourth-order valence-electron chi connectivity index (χ4n) is 2.67. The van der Waals surface area contributed by atoms with E-state index >= 15 is 0 Å². The third-order valence-electron chi connectivity index (χ3n) is 4.05. The summed E-state index contributed by atoms with van der Waals surface area (Å²) in [6.45, 7) is 0. The van der Waals surface area contributed by atoms with Crippen LogP contribution in [0.15, 0.2) is 78.9 Å². The molecule has 0 aromatic heterocycles. The first-order valence-corrected chi connectivity index (χ1v) is 17.8. The van der Waals surface area contributed by atoms with Gasteiger partial charge < -0.3 is 0 Å². The van der Waals surface area contributed by atoms with Crippen LogP contribution in [0.5, 0.6) is 0 Å². The Morgan fingerprint density at radius 1 is 0.500 bits per heavy atom. The van der Waals surface area contributed by atoms with Crippen molar-refractivity contribution in [2.45, 2.75) is 14.8 Å². The van der Waals surface area contributed by atoms with Gasteiger partial charge in [-0.2, -0.15) is 0 Å². The molecule has 0 amide bonds. The molecule has 3 aromatic carbocycles. The van der Waals surface area contributed by atoms with Gasteiger partial charge in [0.2, 0.25) is 0 Å². The van der Waals surface area contributed by atoms with Crippen LogP contribution in [0.1, 0.15) is 0 Å². The topological polar surface area (TPSA) is 0 Å². The summed E-state index contributed by atoms with van der Waals surface area (Å²) in [4.78, 5) is 7.37. The van der Waals surface area contributed by atoms with Gasteiger partial charge in [0.05, 0.1) is 0 Å².